The zero-order chi connectivity index (χ0) is 15.0. The van der Waals surface area contributed by atoms with Gasteiger partial charge >= 0.3 is 0 Å². The highest BCUT2D eigenvalue weighted by molar-refractivity contribution is 7.91. The number of halogens is 1. The Bertz CT molecular complexity index is 905. The number of benzene rings is 1. The van der Waals surface area contributed by atoms with E-state index in [2.05, 4.69) is 4.98 Å². The third-order valence-corrected chi connectivity index (χ3v) is 5.45. The predicted octanol–water partition coefficient (Wildman–Crippen LogP) is 3.39. The molecule has 2 heterocycles. The number of primary sulfonamides is 1. The van der Waals surface area contributed by atoms with Crippen LogP contribution in [0.15, 0.2) is 46.9 Å². The number of aromatic nitrogens is 1. The number of hydrogen-bond donors (Lipinski definition) is 1. The number of thiophene rings is 1. The molecule has 0 bridgehead atoms. The Morgan fingerprint density at radius 2 is 1.90 bits per heavy atom. The third-order valence-electron chi connectivity index (χ3n) is 2.71. The van der Waals surface area contributed by atoms with Crippen molar-refractivity contribution in [3.05, 3.63) is 47.7 Å². The van der Waals surface area contributed by atoms with E-state index in [-0.39, 0.29) is 4.21 Å². The number of rotatable bonds is 3. The molecule has 1 aromatic carbocycles. The molecule has 5 nitrogen and oxygen atoms in total. The van der Waals surface area contributed by atoms with Gasteiger partial charge in [-0.2, -0.15) is 0 Å². The number of nitrogens with two attached hydrogens (primary N) is 1. The van der Waals surface area contributed by atoms with Gasteiger partial charge in [0, 0.05) is 16.6 Å². The van der Waals surface area contributed by atoms with Crippen LogP contribution in [0.4, 0.5) is 0 Å². The fourth-order valence-electron chi connectivity index (χ4n) is 1.76. The van der Waals surface area contributed by atoms with Gasteiger partial charge in [-0.05, 0) is 30.3 Å². The van der Waals surface area contributed by atoms with Crippen molar-refractivity contribution in [2.24, 2.45) is 5.14 Å². The quantitative estimate of drug-likeness (QED) is 0.792. The number of ether oxygens (including phenoxy) is 1. The first-order chi connectivity index (χ1) is 9.93. The Labute approximate surface area is 130 Å². The van der Waals surface area contributed by atoms with E-state index in [9.17, 15) is 8.42 Å². The van der Waals surface area contributed by atoms with E-state index in [1.165, 1.54) is 12.3 Å². The number of pyridine rings is 1. The Morgan fingerprint density at radius 1 is 1.19 bits per heavy atom. The largest absolute Gasteiger partial charge is 0.455 e. The maximum Gasteiger partial charge on any atom is 0.247 e. The van der Waals surface area contributed by atoms with Crippen molar-refractivity contribution >= 4 is 43.0 Å². The van der Waals surface area contributed by atoms with Crippen LogP contribution in [0.5, 0.6) is 11.5 Å². The minimum atomic E-state index is -3.74. The Morgan fingerprint density at radius 3 is 2.57 bits per heavy atom. The highest BCUT2D eigenvalue weighted by Gasteiger charge is 2.15. The van der Waals surface area contributed by atoms with Crippen LogP contribution in [-0.4, -0.2) is 13.4 Å². The highest BCUT2D eigenvalue weighted by Crippen LogP contribution is 2.35. The fraction of sp³-hybridized carbons (Fsp3) is 0. The fourth-order valence-corrected chi connectivity index (χ4v) is 3.68. The molecule has 0 atom stereocenters. The van der Waals surface area contributed by atoms with Gasteiger partial charge in [-0.15, -0.1) is 11.3 Å². The first-order valence-corrected chi connectivity index (χ1v) is 8.51. The van der Waals surface area contributed by atoms with E-state index in [0.29, 0.717) is 26.6 Å². The monoisotopic (exact) mass is 340 g/mol. The highest BCUT2D eigenvalue weighted by atomic mass is 35.5. The summed E-state index contributed by atoms with van der Waals surface area (Å²) in [6.07, 6.45) is 3.10. The molecule has 0 unspecified atom stereocenters. The average Bonchev–Trinajstić information content (AvgIpc) is 2.86. The van der Waals surface area contributed by atoms with Gasteiger partial charge in [0.1, 0.15) is 9.96 Å². The van der Waals surface area contributed by atoms with Gasteiger partial charge in [0.25, 0.3) is 0 Å². The molecular formula is C13H9ClN2O3S2. The summed E-state index contributed by atoms with van der Waals surface area (Å²) in [4.78, 5) is 4.05. The van der Waals surface area contributed by atoms with Crippen LogP contribution < -0.4 is 9.88 Å². The SMILES string of the molecule is NS(=O)(=O)c1cc2c(Oc3ccc(Cl)cc3)cncc2s1. The van der Waals surface area contributed by atoms with Crippen LogP contribution in [-0.2, 0) is 10.0 Å². The van der Waals surface area contributed by atoms with Crippen LogP contribution in [0.2, 0.25) is 5.02 Å². The number of fused-ring (bicyclic) bond motifs is 1. The first-order valence-electron chi connectivity index (χ1n) is 5.77. The summed E-state index contributed by atoms with van der Waals surface area (Å²) in [5, 5.41) is 6.40. The topological polar surface area (TPSA) is 82.3 Å². The van der Waals surface area contributed by atoms with E-state index < -0.39 is 10.0 Å². The second-order valence-corrected chi connectivity index (χ2v) is 7.52. The van der Waals surface area contributed by atoms with Crippen LogP contribution in [0, 0.1) is 0 Å². The van der Waals surface area contributed by atoms with Gasteiger partial charge in [0.05, 0.1) is 10.9 Å². The molecule has 0 fully saturated rings. The number of sulfonamides is 1. The molecule has 2 N–H and O–H groups in total. The molecule has 3 aromatic rings. The Hall–Kier alpha value is -1.67. The minimum absolute atomic E-state index is 0.0754. The van der Waals surface area contributed by atoms with E-state index in [0.717, 1.165) is 11.3 Å². The second-order valence-electron chi connectivity index (χ2n) is 4.22. The van der Waals surface area contributed by atoms with Crippen molar-refractivity contribution in [2.45, 2.75) is 4.21 Å². The molecule has 3 rings (SSSR count). The zero-order valence-corrected chi connectivity index (χ0v) is 12.9. The number of nitrogens with zero attached hydrogens (tertiary/aromatic N) is 1. The smallest absolute Gasteiger partial charge is 0.247 e. The van der Waals surface area contributed by atoms with Gasteiger partial charge in [0.2, 0.25) is 10.0 Å². The third kappa shape index (κ3) is 3.01. The van der Waals surface area contributed by atoms with Crippen molar-refractivity contribution in [1.82, 2.24) is 4.98 Å². The maximum absolute atomic E-state index is 11.4. The van der Waals surface area contributed by atoms with Gasteiger partial charge in [-0.25, -0.2) is 13.6 Å². The number of hydrogen-bond acceptors (Lipinski definition) is 5. The maximum atomic E-state index is 11.4. The molecule has 0 amide bonds. The van der Waals surface area contributed by atoms with Crippen molar-refractivity contribution in [3.63, 3.8) is 0 Å². The average molecular weight is 341 g/mol. The Balaban J connectivity index is 2.06. The zero-order valence-electron chi connectivity index (χ0n) is 10.5. The van der Waals surface area contributed by atoms with Gasteiger partial charge < -0.3 is 4.74 Å². The van der Waals surface area contributed by atoms with Gasteiger partial charge in [-0.3, -0.25) is 4.98 Å². The standard InChI is InChI=1S/C13H9ClN2O3S2/c14-8-1-3-9(4-2-8)19-11-6-16-7-12-10(11)5-13(20-12)21(15,17)18/h1-7H,(H2,15,17,18). The molecule has 8 heteroatoms. The molecule has 108 valence electrons. The van der Waals surface area contributed by atoms with Crippen LogP contribution in [0.1, 0.15) is 0 Å². The lowest BCUT2D eigenvalue weighted by Crippen LogP contribution is -2.09. The molecule has 0 aliphatic carbocycles. The predicted molar refractivity (Wildman–Crippen MR) is 82.5 cm³/mol. The molecule has 0 saturated heterocycles. The minimum Gasteiger partial charge on any atom is -0.455 e. The molecule has 0 radical (unpaired) electrons. The van der Waals surface area contributed by atoms with E-state index >= 15 is 0 Å². The molecule has 0 aliphatic rings. The molecule has 0 saturated carbocycles. The summed E-state index contributed by atoms with van der Waals surface area (Å²) in [5.74, 6) is 1.04. The molecule has 21 heavy (non-hydrogen) atoms. The lowest BCUT2D eigenvalue weighted by Gasteiger charge is -2.06. The van der Waals surface area contributed by atoms with Crippen molar-refractivity contribution in [2.75, 3.05) is 0 Å². The Kier molecular flexibility index (Phi) is 3.58. The summed E-state index contributed by atoms with van der Waals surface area (Å²) in [7, 11) is -3.74. The van der Waals surface area contributed by atoms with Crippen LogP contribution in [0.3, 0.4) is 0 Å². The molecular weight excluding hydrogens is 332 g/mol. The molecule has 2 aromatic heterocycles. The van der Waals surface area contributed by atoms with E-state index in [1.54, 1.807) is 30.5 Å². The van der Waals surface area contributed by atoms with Crippen LogP contribution in [0.25, 0.3) is 10.1 Å². The van der Waals surface area contributed by atoms with Crippen LogP contribution >= 0.6 is 22.9 Å². The molecule has 0 spiro atoms. The normalized spacial score (nSPS) is 11.7. The molecule has 0 aliphatic heterocycles. The van der Waals surface area contributed by atoms with Gasteiger partial charge in [-0.1, -0.05) is 11.6 Å². The summed E-state index contributed by atoms with van der Waals surface area (Å²) in [6, 6.07) is 8.33. The van der Waals surface area contributed by atoms with Crippen molar-refractivity contribution in [1.29, 1.82) is 0 Å². The summed E-state index contributed by atoms with van der Waals surface area (Å²) in [6.45, 7) is 0. The summed E-state index contributed by atoms with van der Waals surface area (Å²) >= 11 is 6.87. The summed E-state index contributed by atoms with van der Waals surface area (Å²) < 4.78 is 29.3. The van der Waals surface area contributed by atoms with E-state index in [4.69, 9.17) is 21.5 Å². The summed E-state index contributed by atoms with van der Waals surface area (Å²) in [5.41, 5.74) is 0. The lowest BCUT2D eigenvalue weighted by atomic mass is 10.3. The first kappa shape index (κ1) is 14.3. The van der Waals surface area contributed by atoms with E-state index in [1.807, 2.05) is 0 Å². The second kappa shape index (κ2) is 5.27. The van der Waals surface area contributed by atoms with Crippen molar-refractivity contribution < 1.29 is 13.2 Å². The van der Waals surface area contributed by atoms with Crippen molar-refractivity contribution in [3.8, 4) is 11.5 Å². The lowest BCUT2D eigenvalue weighted by molar-refractivity contribution is 0.486. The van der Waals surface area contributed by atoms with Gasteiger partial charge in [0.15, 0.2) is 5.75 Å².